The average Bonchev–Trinajstić information content (AvgIpc) is 2.61. The van der Waals surface area contributed by atoms with E-state index in [4.69, 9.17) is 11.6 Å². The highest BCUT2D eigenvalue weighted by molar-refractivity contribution is 14.0. The van der Waals surface area contributed by atoms with Crippen molar-refractivity contribution in [3.05, 3.63) is 29.3 Å². The van der Waals surface area contributed by atoms with Crippen LogP contribution >= 0.6 is 35.6 Å². The molecule has 1 aromatic carbocycles. The lowest BCUT2D eigenvalue weighted by Gasteiger charge is -2.38. The molecule has 0 bridgehead atoms. The first kappa shape index (κ1) is 23.8. The average molecular weight is 508 g/mol. The van der Waals surface area contributed by atoms with E-state index in [1.165, 1.54) is 0 Å². The molecular weight excluding hydrogens is 477 g/mol. The number of guanidine groups is 1. The zero-order valence-corrected chi connectivity index (χ0v) is 19.5. The van der Waals surface area contributed by atoms with Gasteiger partial charge in [-0.25, -0.2) is 0 Å². The van der Waals surface area contributed by atoms with Crippen LogP contribution in [0.2, 0.25) is 5.02 Å². The molecule has 1 aromatic rings. The lowest BCUT2D eigenvalue weighted by Crippen LogP contribution is -2.52. The highest BCUT2D eigenvalue weighted by Gasteiger charge is 2.21. The van der Waals surface area contributed by atoms with Crippen LogP contribution in [0.3, 0.4) is 0 Å². The van der Waals surface area contributed by atoms with E-state index >= 15 is 0 Å². The van der Waals surface area contributed by atoms with Crippen molar-refractivity contribution in [2.45, 2.75) is 33.2 Å². The largest absolute Gasteiger partial charge is 0.367 e. The molecule has 2 N–H and O–H groups in total. The maximum atomic E-state index is 11.8. The van der Waals surface area contributed by atoms with Crippen LogP contribution in [0.15, 0.2) is 29.3 Å². The van der Waals surface area contributed by atoms with Crippen molar-refractivity contribution >= 4 is 53.1 Å². The predicted octanol–water partition coefficient (Wildman–Crippen LogP) is 2.96. The molecule has 0 atom stereocenters. The third kappa shape index (κ3) is 7.73. The number of rotatable bonds is 6. The number of halogens is 2. The van der Waals surface area contributed by atoms with Crippen molar-refractivity contribution in [1.29, 1.82) is 0 Å². The van der Waals surface area contributed by atoms with E-state index in [1.54, 1.807) is 0 Å². The first-order valence-electron chi connectivity index (χ1n) is 9.33. The van der Waals surface area contributed by atoms with E-state index in [9.17, 15) is 4.79 Å². The minimum atomic E-state index is 0. The second kappa shape index (κ2) is 12.3. The Hall–Kier alpha value is -1.22. The molecule has 152 valence electrons. The highest BCUT2D eigenvalue weighted by atomic mass is 127. The van der Waals surface area contributed by atoms with Gasteiger partial charge in [-0.2, -0.15) is 0 Å². The van der Waals surface area contributed by atoms with Crippen molar-refractivity contribution < 1.29 is 4.79 Å². The SMILES string of the molecule is CCNC(=NCCC(=O)NC(C)C)N1CCN(c2ccccc2Cl)CC1.I. The fourth-order valence-corrected chi connectivity index (χ4v) is 3.21. The van der Waals surface area contributed by atoms with Crippen LogP contribution in [0.25, 0.3) is 0 Å². The second-order valence-corrected chi connectivity index (χ2v) is 7.04. The Bertz CT molecular complexity index is 618. The summed E-state index contributed by atoms with van der Waals surface area (Å²) in [4.78, 5) is 20.9. The molecule has 0 aliphatic carbocycles. The number of aliphatic imine (C=N–C) groups is 1. The molecule has 0 unspecified atom stereocenters. The summed E-state index contributed by atoms with van der Waals surface area (Å²) in [5.41, 5.74) is 1.08. The number of para-hydroxylation sites is 1. The van der Waals surface area contributed by atoms with Gasteiger partial charge in [0.05, 0.1) is 17.3 Å². The third-order valence-corrected chi connectivity index (χ3v) is 4.48. The number of nitrogens with zero attached hydrogens (tertiary/aromatic N) is 3. The lowest BCUT2D eigenvalue weighted by molar-refractivity contribution is -0.121. The second-order valence-electron chi connectivity index (χ2n) is 6.63. The molecule has 0 radical (unpaired) electrons. The molecule has 1 aliphatic heterocycles. The normalized spacial score (nSPS) is 14.8. The number of hydrogen-bond acceptors (Lipinski definition) is 3. The molecule has 2 rings (SSSR count). The number of amides is 1. The molecule has 6 nitrogen and oxygen atoms in total. The van der Waals surface area contributed by atoms with Crippen molar-refractivity contribution in [3.8, 4) is 0 Å². The van der Waals surface area contributed by atoms with Gasteiger partial charge in [0.1, 0.15) is 0 Å². The molecular formula is C19H31ClIN5O. The van der Waals surface area contributed by atoms with Crippen LogP contribution in [-0.4, -0.2) is 62.1 Å². The number of nitrogens with one attached hydrogen (secondary N) is 2. The Kier molecular flexibility index (Phi) is 10.8. The lowest BCUT2D eigenvalue weighted by atomic mass is 10.2. The highest BCUT2D eigenvalue weighted by Crippen LogP contribution is 2.25. The Labute approximate surface area is 184 Å². The van der Waals surface area contributed by atoms with Crippen molar-refractivity contribution in [3.63, 3.8) is 0 Å². The molecule has 27 heavy (non-hydrogen) atoms. The standard InChI is InChI=1S/C19H30ClN5O.HI/c1-4-21-19(22-10-9-18(26)23-15(2)3)25-13-11-24(12-14-25)17-8-6-5-7-16(17)20;/h5-8,15H,4,9-14H2,1-3H3,(H,21,22)(H,23,26);1H. The first-order valence-corrected chi connectivity index (χ1v) is 9.71. The van der Waals surface area contributed by atoms with Gasteiger partial charge < -0.3 is 20.4 Å². The van der Waals surface area contributed by atoms with E-state index in [1.807, 2.05) is 32.0 Å². The number of carbonyl (C=O) groups excluding carboxylic acids is 1. The van der Waals surface area contributed by atoms with Gasteiger partial charge in [-0.1, -0.05) is 23.7 Å². The predicted molar refractivity (Wildman–Crippen MR) is 125 cm³/mol. The molecule has 0 spiro atoms. The number of piperazine rings is 1. The fraction of sp³-hybridized carbons (Fsp3) is 0.579. The van der Waals surface area contributed by atoms with Gasteiger partial charge in [-0.05, 0) is 32.9 Å². The van der Waals surface area contributed by atoms with E-state index < -0.39 is 0 Å². The Balaban J connectivity index is 0.00000364. The maximum Gasteiger partial charge on any atom is 0.222 e. The van der Waals surface area contributed by atoms with Gasteiger partial charge in [0.25, 0.3) is 0 Å². The van der Waals surface area contributed by atoms with Crippen molar-refractivity contribution in [1.82, 2.24) is 15.5 Å². The van der Waals surface area contributed by atoms with Gasteiger partial charge in [-0.3, -0.25) is 9.79 Å². The van der Waals surface area contributed by atoms with E-state index in [0.29, 0.717) is 13.0 Å². The van der Waals surface area contributed by atoms with Crippen LogP contribution < -0.4 is 15.5 Å². The number of benzene rings is 1. The van der Waals surface area contributed by atoms with Crippen molar-refractivity contribution in [2.24, 2.45) is 4.99 Å². The fourth-order valence-electron chi connectivity index (χ4n) is 2.95. The Morgan fingerprint density at radius 1 is 1.22 bits per heavy atom. The maximum absolute atomic E-state index is 11.8. The summed E-state index contributed by atoms with van der Waals surface area (Å²) in [5, 5.41) is 7.02. The van der Waals surface area contributed by atoms with Gasteiger partial charge in [0.2, 0.25) is 5.91 Å². The molecule has 0 saturated carbocycles. The van der Waals surface area contributed by atoms with Crippen LogP contribution in [0.5, 0.6) is 0 Å². The molecule has 1 amide bonds. The number of carbonyl (C=O) groups is 1. The minimum Gasteiger partial charge on any atom is -0.367 e. The molecule has 1 aliphatic rings. The molecule has 1 saturated heterocycles. The van der Waals surface area contributed by atoms with Gasteiger partial charge in [0.15, 0.2) is 5.96 Å². The third-order valence-electron chi connectivity index (χ3n) is 4.16. The van der Waals surface area contributed by atoms with Crippen LogP contribution in [0, 0.1) is 0 Å². The molecule has 0 aromatic heterocycles. The number of anilines is 1. The molecule has 8 heteroatoms. The minimum absolute atomic E-state index is 0. The summed E-state index contributed by atoms with van der Waals surface area (Å²) < 4.78 is 0. The van der Waals surface area contributed by atoms with Gasteiger partial charge in [0, 0.05) is 45.2 Å². The summed E-state index contributed by atoms with van der Waals surface area (Å²) in [7, 11) is 0. The Morgan fingerprint density at radius 2 is 1.89 bits per heavy atom. The Morgan fingerprint density at radius 3 is 2.48 bits per heavy atom. The van der Waals surface area contributed by atoms with Gasteiger partial charge in [-0.15, -0.1) is 24.0 Å². The summed E-state index contributed by atoms with van der Waals surface area (Å²) in [6.07, 6.45) is 0.409. The molecule has 1 fully saturated rings. The monoisotopic (exact) mass is 507 g/mol. The molecule has 1 heterocycles. The topological polar surface area (TPSA) is 60.0 Å². The van der Waals surface area contributed by atoms with Gasteiger partial charge >= 0.3 is 0 Å². The van der Waals surface area contributed by atoms with Crippen molar-refractivity contribution in [2.75, 3.05) is 44.2 Å². The summed E-state index contributed by atoms with van der Waals surface area (Å²) >= 11 is 6.31. The van der Waals surface area contributed by atoms with E-state index in [-0.39, 0.29) is 35.9 Å². The zero-order chi connectivity index (χ0) is 18.9. The van der Waals surface area contributed by atoms with E-state index in [2.05, 4.69) is 38.4 Å². The van der Waals surface area contributed by atoms with Crippen LogP contribution in [-0.2, 0) is 4.79 Å². The summed E-state index contributed by atoms with van der Waals surface area (Å²) in [6, 6.07) is 8.12. The smallest absolute Gasteiger partial charge is 0.222 e. The quantitative estimate of drug-likeness (QED) is 0.353. The number of hydrogen-bond donors (Lipinski definition) is 2. The summed E-state index contributed by atoms with van der Waals surface area (Å²) in [5.74, 6) is 0.923. The zero-order valence-electron chi connectivity index (χ0n) is 16.4. The summed E-state index contributed by atoms with van der Waals surface area (Å²) in [6.45, 7) is 10.8. The first-order chi connectivity index (χ1) is 12.5. The van der Waals surface area contributed by atoms with Crippen LogP contribution in [0.4, 0.5) is 5.69 Å². The van der Waals surface area contributed by atoms with E-state index in [0.717, 1.165) is 49.4 Å². The van der Waals surface area contributed by atoms with Crippen LogP contribution in [0.1, 0.15) is 27.2 Å².